The molecule has 1 unspecified atom stereocenters. The number of unbranched alkanes of at least 4 members (excludes halogenated alkanes) is 5. The summed E-state index contributed by atoms with van der Waals surface area (Å²) in [6, 6.07) is 3.72. The fourth-order valence-corrected chi connectivity index (χ4v) is 3.66. The highest BCUT2D eigenvalue weighted by Gasteiger charge is 2.37. The first-order valence-corrected chi connectivity index (χ1v) is 9.56. The van der Waals surface area contributed by atoms with E-state index in [-0.39, 0.29) is 5.92 Å². The normalized spacial score (nSPS) is 13.2. The van der Waals surface area contributed by atoms with Gasteiger partial charge in [0.05, 0.1) is 0 Å². The lowest BCUT2D eigenvalue weighted by Crippen LogP contribution is -2.42. The Morgan fingerprint density at radius 2 is 1.44 bits per heavy atom. The lowest BCUT2D eigenvalue weighted by molar-refractivity contribution is -0.243. The Labute approximate surface area is 151 Å². The molecule has 0 spiro atoms. The van der Waals surface area contributed by atoms with E-state index in [4.69, 9.17) is 9.47 Å². The predicted molar refractivity (Wildman–Crippen MR) is 98.6 cm³/mol. The second-order valence-corrected chi connectivity index (χ2v) is 6.81. The van der Waals surface area contributed by atoms with Gasteiger partial charge in [0.15, 0.2) is 5.79 Å². The summed E-state index contributed by atoms with van der Waals surface area (Å²) < 4.78 is 38.5. The molecule has 0 N–H and O–H groups in total. The minimum Gasteiger partial charge on any atom is -0.353 e. The summed E-state index contributed by atoms with van der Waals surface area (Å²) in [5.74, 6) is -1.73. The molecule has 0 aliphatic rings. The van der Waals surface area contributed by atoms with Gasteiger partial charge in [-0.15, -0.1) is 0 Å². The van der Waals surface area contributed by atoms with Gasteiger partial charge in [-0.2, -0.15) is 0 Å². The molecule has 0 bridgehead atoms. The van der Waals surface area contributed by atoms with Gasteiger partial charge in [0.2, 0.25) is 0 Å². The number of hydrogen-bond donors (Lipinski definition) is 0. The zero-order valence-corrected chi connectivity index (χ0v) is 16.2. The highest BCUT2D eigenvalue weighted by Crippen LogP contribution is 2.34. The Kier molecular flexibility index (Phi) is 10.2. The summed E-state index contributed by atoms with van der Waals surface area (Å²) in [4.78, 5) is 0. The van der Waals surface area contributed by atoms with Crippen LogP contribution >= 0.6 is 0 Å². The molecule has 144 valence electrons. The molecule has 0 saturated carbocycles. The summed E-state index contributed by atoms with van der Waals surface area (Å²) in [5, 5.41) is 0. The summed E-state index contributed by atoms with van der Waals surface area (Å²) in [6.07, 6.45) is 9.40. The number of ether oxygens (including phenoxy) is 2. The van der Waals surface area contributed by atoms with Crippen LogP contribution < -0.4 is 0 Å². The monoisotopic (exact) mass is 356 g/mol. The molecule has 1 aromatic rings. The number of halogens is 2. The Bertz CT molecular complexity index is 458. The molecule has 0 radical (unpaired) electrons. The molecule has 1 aromatic carbocycles. The fourth-order valence-electron chi connectivity index (χ4n) is 3.66. The van der Waals surface area contributed by atoms with Crippen LogP contribution in [0.4, 0.5) is 8.78 Å². The second kappa shape index (κ2) is 11.6. The van der Waals surface area contributed by atoms with Gasteiger partial charge < -0.3 is 9.47 Å². The molecule has 0 aliphatic carbocycles. The first-order valence-electron chi connectivity index (χ1n) is 9.56. The van der Waals surface area contributed by atoms with Gasteiger partial charge in [-0.1, -0.05) is 52.4 Å². The molecule has 4 heteroatoms. The largest absolute Gasteiger partial charge is 0.353 e. The van der Waals surface area contributed by atoms with Crippen molar-refractivity contribution in [1.82, 2.24) is 0 Å². The van der Waals surface area contributed by atoms with Crippen molar-refractivity contribution < 1.29 is 18.3 Å². The highest BCUT2D eigenvalue weighted by molar-refractivity contribution is 5.19. The smallest absolute Gasteiger partial charge is 0.170 e. The van der Waals surface area contributed by atoms with E-state index >= 15 is 0 Å². The molecule has 0 heterocycles. The van der Waals surface area contributed by atoms with E-state index in [0.717, 1.165) is 18.9 Å². The van der Waals surface area contributed by atoms with E-state index < -0.39 is 17.4 Å². The molecule has 0 amide bonds. The minimum atomic E-state index is -0.716. The number of hydrogen-bond acceptors (Lipinski definition) is 2. The molecule has 0 aliphatic heterocycles. The van der Waals surface area contributed by atoms with Gasteiger partial charge in [0.25, 0.3) is 0 Å². The van der Waals surface area contributed by atoms with Crippen molar-refractivity contribution in [3.8, 4) is 0 Å². The van der Waals surface area contributed by atoms with E-state index in [1.807, 2.05) is 6.92 Å². The number of benzene rings is 1. The summed E-state index contributed by atoms with van der Waals surface area (Å²) >= 11 is 0. The molecule has 0 aromatic heterocycles. The lowest BCUT2D eigenvalue weighted by Gasteiger charge is -2.38. The van der Waals surface area contributed by atoms with Gasteiger partial charge in [-0.3, -0.25) is 0 Å². The summed E-state index contributed by atoms with van der Waals surface area (Å²) in [6.45, 7) is 4.23. The van der Waals surface area contributed by atoms with E-state index in [2.05, 4.69) is 6.92 Å². The van der Waals surface area contributed by atoms with Crippen LogP contribution in [0, 0.1) is 17.6 Å². The van der Waals surface area contributed by atoms with Crippen molar-refractivity contribution in [2.45, 2.75) is 77.4 Å². The maximum Gasteiger partial charge on any atom is 0.170 e. The molecular formula is C21H34F2O2. The van der Waals surface area contributed by atoms with Crippen LogP contribution in [0.3, 0.4) is 0 Å². The SMILES string of the molecule is CCCCCCCCC(Cc1cc(F)cc(F)c1)C(CC)(OC)OC. The third-order valence-electron chi connectivity index (χ3n) is 5.12. The molecule has 25 heavy (non-hydrogen) atoms. The van der Waals surface area contributed by atoms with Crippen LogP contribution in [0.1, 0.15) is 70.8 Å². The average molecular weight is 356 g/mol. The molecule has 0 fully saturated rings. The van der Waals surface area contributed by atoms with Crippen molar-refractivity contribution in [2.75, 3.05) is 14.2 Å². The quantitative estimate of drug-likeness (QED) is 0.306. The average Bonchev–Trinajstić information content (AvgIpc) is 2.58. The topological polar surface area (TPSA) is 18.5 Å². The van der Waals surface area contributed by atoms with Gasteiger partial charge in [0.1, 0.15) is 11.6 Å². The lowest BCUT2D eigenvalue weighted by atomic mass is 9.84. The standard InChI is InChI=1S/C21H34F2O2/c1-5-7-8-9-10-11-12-18(21(6-2,24-3)25-4)13-17-14-19(22)16-20(23)15-17/h14-16,18H,5-13H2,1-4H3. The molecule has 1 rings (SSSR count). The minimum absolute atomic E-state index is 0.0554. The van der Waals surface area contributed by atoms with Crippen LogP contribution in [0.25, 0.3) is 0 Å². The highest BCUT2D eigenvalue weighted by atomic mass is 19.1. The summed E-state index contributed by atoms with van der Waals surface area (Å²) in [7, 11) is 3.29. The van der Waals surface area contributed by atoms with Crippen molar-refractivity contribution in [2.24, 2.45) is 5.92 Å². The van der Waals surface area contributed by atoms with Crippen molar-refractivity contribution in [3.63, 3.8) is 0 Å². The second-order valence-electron chi connectivity index (χ2n) is 6.81. The van der Waals surface area contributed by atoms with Crippen LogP contribution in [-0.4, -0.2) is 20.0 Å². The van der Waals surface area contributed by atoms with Crippen LogP contribution in [0.2, 0.25) is 0 Å². The van der Waals surface area contributed by atoms with Gasteiger partial charge in [0, 0.05) is 26.2 Å². The molecule has 2 nitrogen and oxygen atoms in total. The third-order valence-corrected chi connectivity index (χ3v) is 5.12. The maximum absolute atomic E-state index is 13.5. The fraction of sp³-hybridized carbons (Fsp3) is 0.714. The van der Waals surface area contributed by atoms with E-state index in [9.17, 15) is 8.78 Å². The molecule has 1 atom stereocenters. The van der Waals surface area contributed by atoms with E-state index in [1.54, 1.807) is 14.2 Å². The Morgan fingerprint density at radius 1 is 0.880 bits per heavy atom. The van der Waals surface area contributed by atoms with Crippen LogP contribution in [0.5, 0.6) is 0 Å². The van der Waals surface area contributed by atoms with Crippen molar-refractivity contribution in [3.05, 3.63) is 35.4 Å². The van der Waals surface area contributed by atoms with E-state index in [1.165, 1.54) is 44.2 Å². The predicted octanol–water partition coefficient (Wildman–Crippen LogP) is 6.27. The van der Waals surface area contributed by atoms with Crippen LogP contribution in [0.15, 0.2) is 18.2 Å². The maximum atomic E-state index is 13.5. The number of rotatable bonds is 13. The zero-order valence-electron chi connectivity index (χ0n) is 16.2. The zero-order chi connectivity index (χ0) is 18.7. The number of methoxy groups -OCH3 is 2. The first kappa shape index (κ1) is 22.0. The van der Waals surface area contributed by atoms with Gasteiger partial charge in [-0.25, -0.2) is 8.78 Å². The first-order chi connectivity index (χ1) is 12.0. The van der Waals surface area contributed by atoms with Crippen LogP contribution in [-0.2, 0) is 15.9 Å². The van der Waals surface area contributed by atoms with Gasteiger partial charge in [-0.05, 0) is 37.0 Å². The molecular weight excluding hydrogens is 322 g/mol. The van der Waals surface area contributed by atoms with E-state index in [0.29, 0.717) is 18.4 Å². The van der Waals surface area contributed by atoms with Gasteiger partial charge >= 0.3 is 0 Å². The van der Waals surface area contributed by atoms with Crippen molar-refractivity contribution >= 4 is 0 Å². The Morgan fingerprint density at radius 3 is 1.96 bits per heavy atom. The Balaban J connectivity index is 2.80. The Hall–Kier alpha value is -1.00. The molecule has 0 saturated heterocycles. The third kappa shape index (κ3) is 7.02. The van der Waals surface area contributed by atoms with Crippen molar-refractivity contribution in [1.29, 1.82) is 0 Å². The summed E-state index contributed by atoms with van der Waals surface area (Å²) in [5.41, 5.74) is 0.653.